The number of carbonyl (C=O) groups excluding carboxylic acids is 1. The predicted octanol–water partition coefficient (Wildman–Crippen LogP) is 2.36. The van der Waals surface area contributed by atoms with Crippen LogP contribution in [0.4, 0.5) is 0 Å². The van der Waals surface area contributed by atoms with E-state index in [-0.39, 0.29) is 12.0 Å². The third-order valence-electron chi connectivity index (χ3n) is 3.89. The summed E-state index contributed by atoms with van der Waals surface area (Å²) in [6.45, 7) is 2.05. The van der Waals surface area contributed by atoms with Crippen LogP contribution < -0.4 is 0 Å². The normalized spacial score (nSPS) is 23.9. The molecule has 0 saturated heterocycles. The number of aryl methyl sites for hydroxylation is 1. The molecule has 1 saturated carbocycles. The van der Waals surface area contributed by atoms with E-state index in [4.69, 9.17) is 0 Å². The molecule has 0 atom stereocenters. The molecule has 0 radical (unpaired) electrons. The minimum absolute atomic E-state index is 0.163. The molecule has 2 rings (SSSR count). The summed E-state index contributed by atoms with van der Waals surface area (Å²) in [5.41, 5.74) is 1.21. The van der Waals surface area contributed by atoms with Gasteiger partial charge in [0.2, 0.25) is 5.91 Å². The molecule has 1 aromatic rings. The summed E-state index contributed by atoms with van der Waals surface area (Å²) in [7, 11) is 1.90. The predicted molar refractivity (Wildman–Crippen MR) is 73.8 cm³/mol. The maximum Gasteiger partial charge on any atom is 0.227 e. The molecule has 3 nitrogen and oxygen atoms in total. The van der Waals surface area contributed by atoms with E-state index < -0.39 is 0 Å². The number of amides is 1. The Morgan fingerprint density at radius 3 is 2.67 bits per heavy atom. The Bertz CT molecular complexity index is 408. The van der Waals surface area contributed by atoms with Gasteiger partial charge < -0.3 is 10.0 Å². The van der Waals surface area contributed by atoms with E-state index in [0.29, 0.717) is 12.5 Å². The van der Waals surface area contributed by atoms with Crippen LogP contribution in [0.1, 0.15) is 36.1 Å². The fourth-order valence-electron chi connectivity index (χ4n) is 2.50. The molecule has 1 aliphatic carbocycles. The Hall–Kier alpha value is -0.870. The summed E-state index contributed by atoms with van der Waals surface area (Å²) in [4.78, 5) is 15.3. The lowest BCUT2D eigenvalue weighted by molar-refractivity contribution is -0.132. The van der Waals surface area contributed by atoms with Gasteiger partial charge in [0, 0.05) is 18.0 Å². The highest BCUT2D eigenvalue weighted by Crippen LogP contribution is 2.23. The fourth-order valence-corrected chi connectivity index (χ4v) is 3.39. The van der Waals surface area contributed by atoms with Gasteiger partial charge in [0.05, 0.1) is 12.5 Å². The highest BCUT2D eigenvalue weighted by molar-refractivity contribution is 7.10. The molecular weight excluding hydrogens is 246 g/mol. The average molecular weight is 267 g/mol. The van der Waals surface area contributed by atoms with Crippen molar-refractivity contribution in [3.63, 3.8) is 0 Å². The van der Waals surface area contributed by atoms with Crippen LogP contribution in [0, 0.1) is 6.92 Å². The highest BCUT2D eigenvalue weighted by atomic mass is 32.1. The second-order valence-electron chi connectivity index (χ2n) is 5.17. The maximum absolute atomic E-state index is 12.2. The molecule has 1 heterocycles. The van der Waals surface area contributed by atoms with Crippen LogP contribution in [0.2, 0.25) is 0 Å². The Morgan fingerprint density at radius 2 is 2.11 bits per heavy atom. The van der Waals surface area contributed by atoms with E-state index in [0.717, 1.165) is 25.7 Å². The number of aliphatic hydroxyl groups excluding tert-OH is 1. The molecule has 0 aliphatic heterocycles. The molecule has 18 heavy (non-hydrogen) atoms. The lowest BCUT2D eigenvalue weighted by atomic mass is 9.92. The van der Waals surface area contributed by atoms with Crippen LogP contribution in [0.25, 0.3) is 0 Å². The summed E-state index contributed by atoms with van der Waals surface area (Å²) in [5, 5.41) is 11.5. The first-order valence-electron chi connectivity index (χ1n) is 6.54. The van der Waals surface area contributed by atoms with Crippen molar-refractivity contribution >= 4 is 17.2 Å². The lowest BCUT2D eigenvalue weighted by Crippen LogP contribution is -2.41. The van der Waals surface area contributed by atoms with Gasteiger partial charge in [0.25, 0.3) is 0 Å². The fraction of sp³-hybridized carbons (Fsp3) is 0.643. The molecule has 0 spiro atoms. The minimum atomic E-state index is -0.163. The molecule has 1 amide bonds. The Balaban J connectivity index is 1.91. The number of nitrogens with zero attached hydrogens (tertiary/aromatic N) is 1. The summed E-state index contributed by atoms with van der Waals surface area (Å²) < 4.78 is 0. The van der Waals surface area contributed by atoms with Gasteiger partial charge in [-0.3, -0.25) is 4.79 Å². The van der Waals surface area contributed by atoms with Gasteiger partial charge in [0.1, 0.15) is 0 Å². The lowest BCUT2D eigenvalue weighted by Gasteiger charge is -2.33. The topological polar surface area (TPSA) is 40.5 Å². The summed E-state index contributed by atoms with van der Waals surface area (Å²) in [6.07, 6.45) is 3.84. The number of likely N-dealkylation sites (N-methyl/N-ethyl adjacent to an activating group) is 1. The SMILES string of the molecule is Cc1ccsc1CC(=O)N(C)C1CCC(O)CC1. The van der Waals surface area contributed by atoms with Gasteiger partial charge in [-0.15, -0.1) is 11.3 Å². The summed E-state index contributed by atoms with van der Waals surface area (Å²) in [5.74, 6) is 0.196. The maximum atomic E-state index is 12.2. The number of hydrogen-bond donors (Lipinski definition) is 1. The standard InChI is InChI=1S/C14H21NO2S/c1-10-7-8-18-13(10)9-14(17)15(2)11-3-5-12(16)6-4-11/h7-8,11-12,16H,3-6,9H2,1-2H3. The van der Waals surface area contributed by atoms with Gasteiger partial charge in [-0.25, -0.2) is 0 Å². The van der Waals surface area contributed by atoms with Gasteiger partial charge in [-0.1, -0.05) is 0 Å². The molecule has 0 unspecified atom stereocenters. The number of hydrogen-bond acceptors (Lipinski definition) is 3. The third-order valence-corrected chi connectivity index (χ3v) is 4.91. The van der Waals surface area contributed by atoms with E-state index in [2.05, 4.69) is 13.0 Å². The van der Waals surface area contributed by atoms with Crippen molar-refractivity contribution in [2.75, 3.05) is 7.05 Å². The second kappa shape index (κ2) is 5.85. The van der Waals surface area contributed by atoms with E-state index in [1.807, 2.05) is 17.3 Å². The molecule has 1 aromatic heterocycles. The van der Waals surface area contributed by atoms with Crippen molar-refractivity contribution in [3.8, 4) is 0 Å². The number of carbonyl (C=O) groups is 1. The van der Waals surface area contributed by atoms with Gasteiger partial charge in [0.15, 0.2) is 0 Å². The zero-order valence-electron chi connectivity index (χ0n) is 11.1. The van der Waals surface area contributed by atoms with Gasteiger partial charge in [-0.2, -0.15) is 0 Å². The molecule has 0 bridgehead atoms. The zero-order chi connectivity index (χ0) is 13.1. The quantitative estimate of drug-likeness (QED) is 0.913. The van der Waals surface area contributed by atoms with Crippen molar-refractivity contribution in [1.82, 2.24) is 4.90 Å². The van der Waals surface area contributed by atoms with Crippen molar-refractivity contribution in [2.45, 2.75) is 51.2 Å². The molecule has 1 aliphatic rings. The Kier molecular flexibility index (Phi) is 4.40. The number of aliphatic hydroxyl groups is 1. The first-order chi connectivity index (χ1) is 8.58. The van der Waals surface area contributed by atoms with Gasteiger partial charge in [-0.05, 0) is 49.6 Å². The zero-order valence-corrected chi connectivity index (χ0v) is 11.9. The van der Waals surface area contributed by atoms with Crippen LogP contribution in [-0.4, -0.2) is 35.1 Å². The Labute approximate surface area is 112 Å². The first kappa shape index (κ1) is 13.6. The van der Waals surface area contributed by atoms with Crippen LogP contribution >= 0.6 is 11.3 Å². The molecule has 100 valence electrons. The third kappa shape index (κ3) is 3.12. The highest BCUT2D eigenvalue weighted by Gasteiger charge is 2.25. The second-order valence-corrected chi connectivity index (χ2v) is 6.17. The molecule has 1 fully saturated rings. The first-order valence-corrected chi connectivity index (χ1v) is 7.42. The van der Waals surface area contributed by atoms with E-state index in [1.165, 1.54) is 10.4 Å². The van der Waals surface area contributed by atoms with Crippen LogP contribution in [0.15, 0.2) is 11.4 Å². The summed E-state index contributed by atoms with van der Waals surface area (Å²) >= 11 is 1.65. The molecular formula is C14H21NO2S. The largest absolute Gasteiger partial charge is 0.393 e. The van der Waals surface area contributed by atoms with E-state index >= 15 is 0 Å². The van der Waals surface area contributed by atoms with E-state index in [9.17, 15) is 9.90 Å². The molecule has 1 N–H and O–H groups in total. The minimum Gasteiger partial charge on any atom is -0.393 e. The molecule has 4 heteroatoms. The monoisotopic (exact) mass is 267 g/mol. The van der Waals surface area contributed by atoms with Crippen LogP contribution in [0.3, 0.4) is 0 Å². The van der Waals surface area contributed by atoms with E-state index in [1.54, 1.807) is 11.3 Å². The van der Waals surface area contributed by atoms with Crippen molar-refractivity contribution in [1.29, 1.82) is 0 Å². The summed E-state index contributed by atoms with van der Waals surface area (Å²) in [6, 6.07) is 2.37. The number of thiophene rings is 1. The van der Waals surface area contributed by atoms with Crippen molar-refractivity contribution < 1.29 is 9.90 Å². The van der Waals surface area contributed by atoms with Crippen LogP contribution in [0.5, 0.6) is 0 Å². The van der Waals surface area contributed by atoms with Crippen molar-refractivity contribution in [3.05, 3.63) is 21.9 Å². The molecule has 0 aromatic carbocycles. The smallest absolute Gasteiger partial charge is 0.227 e. The average Bonchev–Trinajstić information content (AvgIpc) is 2.75. The Morgan fingerprint density at radius 1 is 1.44 bits per heavy atom. The van der Waals surface area contributed by atoms with Crippen molar-refractivity contribution in [2.24, 2.45) is 0 Å². The van der Waals surface area contributed by atoms with Gasteiger partial charge >= 0.3 is 0 Å². The van der Waals surface area contributed by atoms with Crippen LogP contribution in [-0.2, 0) is 11.2 Å². The number of rotatable bonds is 3.